The van der Waals surface area contributed by atoms with E-state index in [1.54, 1.807) is 24.5 Å². The molecule has 3 aromatic rings. The average molecular weight is 340 g/mol. The molecule has 0 spiro atoms. The SMILES string of the molecule is COc1cccc(Nc2cc(-c3cccs3)ccc2NC(=O)O)c1. The summed E-state index contributed by atoms with van der Waals surface area (Å²) in [4.78, 5) is 12.1. The van der Waals surface area contributed by atoms with Crippen molar-refractivity contribution in [3.8, 4) is 16.2 Å². The minimum Gasteiger partial charge on any atom is -0.497 e. The summed E-state index contributed by atoms with van der Waals surface area (Å²) < 4.78 is 5.22. The van der Waals surface area contributed by atoms with Crippen LogP contribution in [0.2, 0.25) is 0 Å². The van der Waals surface area contributed by atoms with Crippen LogP contribution in [0.15, 0.2) is 60.0 Å². The number of nitrogens with one attached hydrogen (secondary N) is 2. The van der Waals surface area contributed by atoms with Gasteiger partial charge in [-0.3, -0.25) is 5.32 Å². The highest BCUT2D eigenvalue weighted by molar-refractivity contribution is 7.13. The van der Waals surface area contributed by atoms with Gasteiger partial charge in [0, 0.05) is 16.6 Å². The van der Waals surface area contributed by atoms with Crippen molar-refractivity contribution in [1.82, 2.24) is 0 Å². The number of methoxy groups -OCH3 is 1. The predicted molar refractivity (Wildman–Crippen MR) is 97.7 cm³/mol. The van der Waals surface area contributed by atoms with Crippen LogP contribution in [0.3, 0.4) is 0 Å². The van der Waals surface area contributed by atoms with Crippen molar-refractivity contribution in [2.24, 2.45) is 0 Å². The van der Waals surface area contributed by atoms with Gasteiger partial charge in [-0.2, -0.15) is 0 Å². The van der Waals surface area contributed by atoms with Crippen LogP contribution in [-0.2, 0) is 0 Å². The highest BCUT2D eigenvalue weighted by Gasteiger charge is 2.09. The third-order valence-corrected chi connectivity index (χ3v) is 4.33. The first kappa shape index (κ1) is 15.9. The smallest absolute Gasteiger partial charge is 0.409 e. The standard InChI is InChI=1S/C18H16N2O3S/c1-23-14-5-2-4-13(11-14)19-16-10-12(17-6-3-9-24-17)7-8-15(16)20-18(21)22/h2-11,19-20H,1H3,(H,21,22). The Hall–Kier alpha value is -2.99. The molecule has 0 fully saturated rings. The highest BCUT2D eigenvalue weighted by Crippen LogP contribution is 2.33. The van der Waals surface area contributed by atoms with Crippen LogP contribution in [0, 0.1) is 0 Å². The normalized spacial score (nSPS) is 10.2. The Balaban J connectivity index is 1.98. The Morgan fingerprint density at radius 3 is 2.67 bits per heavy atom. The van der Waals surface area contributed by atoms with E-state index in [4.69, 9.17) is 9.84 Å². The summed E-state index contributed by atoms with van der Waals surface area (Å²) in [6.45, 7) is 0. The van der Waals surface area contributed by atoms with E-state index in [1.165, 1.54) is 0 Å². The van der Waals surface area contributed by atoms with Crippen molar-refractivity contribution in [1.29, 1.82) is 0 Å². The van der Waals surface area contributed by atoms with Crippen molar-refractivity contribution >= 4 is 34.5 Å². The Morgan fingerprint density at radius 1 is 1.08 bits per heavy atom. The van der Waals surface area contributed by atoms with Crippen molar-refractivity contribution in [2.45, 2.75) is 0 Å². The van der Waals surface area contributed by atoms with Gasteiger partial charge in [0.25, 0.3) is 0 Å². The van der Waals surface area contributed by atoms with Crippen LogP contribution in [0.5, 0.6) is 5.75 Å². The zero-order valence-electron chi connectivity index (χ0n) is 12.9. The topological polar surface area (TPSA) is 70.6 Å². The first-order valence-electron chi connectivity index (χ1n) is 7.24. The fraction of sp³-hybridized carbons (Fsp3) is 0.0556. The van der Waals surface area contributed by atoms with E-state index in [2.05, 4.69) is 10.6 Å². The largest absolute Gasteiger partial charge is 0.497 e. The molecule has 3 rings (SSSR count). The van der Waals surface area contributed by atoms with Gasteiger partial charge in [0.15, 0.2) is 0 Å². The van der Waals surface area contributed by atoms with Crippen LogP contribution in [0.4, 0.5) is 21.9 Å². The lowest BCUT2D eigenvalue weighted by atomic mass is 10.1. The maximum absolute atomic E-state index is 11.0. The molecule has 0 radical (unpaired) electrons. The zero-order valence-corrected chi connectivity index (χ0v) is 13.8. The van der Waals surface area contributed by atoms with Gasteiger partial charge in [0.05, 0.1) is 18.5 Å². The molecule has 1 aromatic heterocycles. The van der Waals surface area contributed by atoms with Crippen LogP contribution in [0.1, 0.15) is 0 Å². The third-order valence-electron chi connectivity index (χ3n) is 3.42. The van der Waals surface area contributed by atoms with Gasteiger partial charge >= 0.3 is 6.09 Å². The fourth-order valence-corrected chi connectivity index (χ4v) is 3.05. The summed E-state index contributed by atoms with van der Waals surface area (Å²) in [5.74, 6) is 0.724. The summed E-state index contributed by atoms with van der Waals surface area (Å²) in [6, 6.07) is 17.1. The summed E-state index contributed by atoms with van der Waals surface area (Å²) in [6.07, 6.45) is -1.10. The van der Waals surface area contributed by atoms with Crippen molar-refractivity contribution in [3.63, 3.8) is 0 Å². The molecule has 2 aromatic carbocycles. The van der Waals surface area contributed by atoms with Crippen molar-refractivity contribution in [3.05, 3.63) is 60.0 Å². The number of rotatable bonds is 5. The van der Waals surface area contributed by atoms with Gasteiger partial charge in [-0.05, 0) is 41.3 Å². The van der Waals surface area contributed by atoms with Crippen LogP contribution < -0.4 is 15.4 Å². The first-order chi connectivity index (χ1) is 11.7. The Bertz CT molecular complexity index is 847. The molecule has 6 heteroatoms. The molecule has 0 aliphatic rings. The number of thiophene rings is 1. The average Bonchev–Trinajstić information content (AvgIpc) is 3.11. The quantitative estimate of drug-likeness (QED) is 0.593. The maximum atomic E-state index is 11.0. The second-order valence-electron chi connectivity index (χ2n) is 5.02. The Labute approximate surface area is 143 Å². The lowest BCUT2D eigenvalue weighted by Crippen LogP contribution is -2.09. The van der Waals surface area contributed by atoms with E-state index in [9.17, 15) is 4.79 Å². The van der Waals surface area contributed by atoms with Gasteiger partial charge in [0.2, 0.25) is 0 Å². The second-order valence-corrected chi connectivity index (χ2v) is 5.97. The third kappa shape index (κ3) is 3.67. The molecule has 0 saturated heterocycles. The molecule has 24 heavy (non-hydrogen) atoms. The molecule has 0 saturated carbocycles. The molecule has 0 atom stereocenters. The second kappa shape index (κ2) is 7.06. The molecule has 0 aliphatic carbocycles. The predicted octanol–water partition coefficient (Wildman–Crippen LogP) is 5.26. The van der Waals surface area contributed by atoms with E-state index >= 15 is 0 Å². The van der Waals surface area contributed by atoms with E-state index < -0.39 is 6.09 Å². The number of carboxylic acid groups (broad SMARTS) is 1. The summed E-state index contributed by atoms with van der Waals surface area (Å²) in [5.41, 5.74) is 3.00. The highest BCUT2D eigenvalue weighted by atomic mass is 32.1. The van der Waals surface area contributed by atoms with Crippen LogP contribution in [-0.4, -0.2) is 18.3 Å². The number of hydrogen-bond donors (Lipinski definition) is 3. The maximum Gasteiger partial charge on any atom is 0.409 e. The van der Waals surface area contributed by atoms with Gasteiger partial charge in [-0.25, -0.2) is 4.79 Å². The molecular weight excluding hydrogens is 324 g/mol. The molecule has 3 N–H and O–H groups in total. The zero-order chi connectivity index (χ0) is 16.9. The minimum atomic E-state index is -1.10. The van der Waals surface area contributed by atoms with Crippen LogP contribution in [0.25, 0.3) is 10.4 Å². The molecule has 0 aliphatic heterocycles. The number of anilines is 3. The number of ether oxygens (including phenoxy) is 1. The molecule has 5 nitrogen and oxygen atoms in total. The van der Waals surface area contributed by atoms with Crippen molar-refractivity contribution < 1.29 is 14.6 Å². The molecule has 1 heterocycles. The van der Waals surface area contributed by atoms with E-state index in [-0.39, 0.29) is 0 Å². The Kier molecular flexibility index (Phi) is 4.67. The van der Waals surface area contributed by atoms with Crippen LogP contribution >= 0.6 is 11.3 Å². The molecular formula is C18H16N2O3S. The summed E-state index contributed by atoms with van der Waals surface area (Å²) >= 11 is 1.63. The van der Waals surface area contributed by atoms with E-state index in [0.717, 1.165) is 21.9 Å². The number of hydrogen-bond acceptors (Lipinski definition) is 4. The van der Waals surface area contributed by atoms with E-state index in [1.807, 2.05) is 53.9 Å². The summed E-state index contributed by atoms with van der Waals surface area (Å²) in [7, 11) is 1.61. The number of carbonyl (C=O) groups is 1. The van der Waals surface area contributed by atoms with Gasteiger partial charge in [-0.15, -0.1) is 11.3 Å². The monoisotopic (exact) mass is 340 g/mol. The van der Waals surface area contributed by atoms with E-state index in [0.29, 0.717) is 11.4 Å². The molecule has 0 bridgehead atoms. The van der Waals surface area contributed by atoms with Gasteiger partial charge < -0.3 is 15.2 Å². The number of amides is 1. The van der Waals surface area contributed by atoms with Gasteiger partial charge in [0.1, 0.15) is 5.75 Å². The van der Waals surface area contributed by atoms with Gasteiger partial charge in [-0.1, -0.05) is 18.2 Å². The molecule has 122 valence electrons. The fourth-order valence-electron chi connectivity index (χ4n) is 2.32. The first-order valence-corrected chi connectivity index (χ1v) is 8.12. The Morgan fingerprint density at radius 2 is 1.96 bits per heavy atom. The summed E-state index contributed by atoms with van der Waals surface area (Å²) in [5, 5.41) is 16.7. The lowest BCUT2D eigenvalue weighted by Gasteiger charge is -2.14. The molecule has 0 unspecified atom stereocenters. The lowest BCUT2D eigenvalue weighted by molar-refractivity contribution is 0.210. The minimum absolute atomic E-state index is 0.491. The van der Waals surface area contributed by atoms with Crippen molar-refractivity contribution in [2.75, 3.05) is 17.7 Å². The molecule has 1 amide bonds. The number of benzene rings is 2.